The minimum absolute atomic E-state index is 0.118. The predicted octanol–water partition coefficient (Wildman–Crippen LogP) is 0.883. The highest BCUT2D eigenvalue weighted by Gasteiger charge is 2.04. The summed E-state index contributed by atoms with van der Waals surface area (Å²) >= 11 is 0. The molecule has 0 aliphatic rings. The second kappa shape index (κ2) is 5.09. The van der Waals surface area contributed by atoms with Crippen molar-refractivity contribution in [1.82, 2.24) is 0 Å². The standard InChI is InChI=1S/C9H12FNO3S/c10-8-4-1-2-5-9(8)14-6-3-7-15(11,12)13/h1-2,4-5H,3,6-7H2,(H2,11,12,13). The van der Waals surface area contributed by atoms with E-state index in [9.17, 15) is 12.8 Å². The van der Waals surface area contributed by atoms with Gasteiger partial charge in [-0.3, -0.25) is 0 Å². The van der Waals surface area contributed by atoms with E-state index in [1.807, 2.05) is 0 Å². The molecule has 4 nitrogen and oxygen atoms in total. The van der Waals surface area contributed by atoms with Crippen molar-refractivity contribution in [1.29, 1.82) is 0 Å². The molecule has 1 aromatic rings. The van der Waals surface area contributed by atoms with Gasteiger partial charge < -0.3 is 4.74 Å². The lowest BCUT2D eigenvalue weighted by Gasteiger charge is -2.05. The summed E-state index contributed by atoms with van der Waals surface area (Å²) in [5, 5.41) is 4.79. The first kappa shape index (κ1) is 11.9. The van der Waals surface area contributed by atoms with E-state index in [0.29, 0.717) is 0 Å². The smallest absolute Gasteiger partial charge is 0.209 e. The van der Waals surface area contributed by atoms with Crippen LogP contribution in [-0.4, -0.2) is 20.8 Å². The zero-order valence-electron chi connectivity index (χ0n) is 8.02. The van der Waals surface area contributed by atoms with Gasteiger partial charge in [0.2, 0.25) is 10.0 Å². The van der Waals surface area contributed by atoms with E-state index < -0.39 is 15.8 Å². The number of hydrogen-bond acceptors (Lipinski definition) is 3. The molecular weight excluding hydrogens is 221 g/mol. The SMILES string of the molecule is NS(=O)(=O)CCCOc1ccccc1F. The molecular formula is C9H12FNO3S. The second-order valence-electron chi connectivity index (χ2n) is 3.00. The Bertz CT molecular complexity index is 419. The summed E-state index contributed by atoms with van der Waals surface area (Å²) in [6, 6.07) is 5.94. The van der Waals surface area contributed by atoms with Crippen LogP contribution < -0.4 is 9.88 Å². The molecule has 0 unspecified atom stereocenters. The summed E-state index contributed by atoms with van der Waals surface area (Å²) in [5.74, 6) is -0.512. The summed E-state index contributed by atoms with van der Waals surface area (Å²) in [6.45, 7) is 0.122. The van der Waals surface area contributed by atoms with Gasteiger partial charge in [0.15, 0.2) is 11.6 Å². The molecule has 1 aromatic carbocycles. The fourth-order valence-electron chi connectivity index (χ4n) is 1.00. The third-order valence-corrected chi connectivity index (χ3v) is 2.53. The summed E-state index contributed by atoms with van der Waals surface area (Å²) < 4.78 is 39.1. The van der Waals surface area contributed by atoms with Crippen molar-refractivity contribution in [2.75, 3.05) is 12.4 Å². The molecule has 0 aromatic heterocycles. The molecule has 0 heterocycles. The minimum atomic E-state index is -3.46. The molecule has 0 spiro atoms. The molecule has 0 bridgehead atoms. The Morgan fingerprint density at radius 1 is 1.33 bits per heavy atom. The quantitative estimate of drug-likeness (QED) is 0.768. The number of para-hydroxylation sites is 1. The van der Waals surface area contributed by atoms with E-state index in [2.05, 4.69) is 0 Å². The Kier molecular flexibility index (Phi) is 4.05. The molecule has 84 valence electrons. The molecule has 6 heteroatoms. The van der Waals surface area contributed by atoms with Crippen LogP contribution in [0.1, 0.15) is 6.42 Å². The van der Waals surface area contributed by atoms with Crippen LogP contribution in [0.2, 0.25) is 0 Å². The van der Waals surface area contributed by atoms with Crippen LogP contribution in [0.4, 0.5) is 4.39 Å². The monoisotopic (exact) mass is 233 g/mol. The first-order valence-corrected chi connectivity index (χ1v) is 6.08. The molecule has 1 rings (SSSR count). The van der Waals surface area contributed by atoms with E-state index in [0.717, 1.165) is 0 Å². The van der Waals surface area contributed by atoms with Crippen LogP contribution in [-0.2, 0) is 10.0 Å². The molecule has 0 saturated heterocycles. The van der Waals surface area contributed by atoms with Gasteiger partial charge in [0.05, 0.1) is 12.4 Å². The van der Waals surface area contributed by atoms with Crippen LogP contribution in [0.15, 0.2) is 24.3 Å². The Morgan fingerprint density at radius 3 is 2.60 bits per heavy atom. The summed E-state index contributed by atoms with van der Waals surface area (Å²) in [4.78, 5) is 0. The number of hydrogen-bond donors (Lipinski definition) is 1. The number of halogens is 1. The van der Waals surface area contributed by atoms with Gasteiger partial charge in [0.1, 0.15) is 0 Å². The average Bonchev–Trinajstić information content (AvgIpc) is 2.13. The third kappa shape index (κ3) is 4.75. The number of ether oxygens (including phenoxy) is 1. The number of primary sulfonamides is 1. The Balaban J connectivity index is 2.36. The number of sulfonamides is 1. The van der Waals surface area contributed by atoms with Gasteiger partial charge in [-0.25, -0.2) is 17.9 Å². The molecule has 0 aliphatic carbocycles. The van der Waals surface area contributed by atoms with Crippen LogP contribution in [0.5, 0.6) is 5.75 Å². The van der Waals surface area contributed by atoms with Crippen molar-refractivity contribution in [2.45, 2.75) is 6.42 Å². The lowest BCUT2D eigenvalue weighted by molar-refractivity contribution is 0.301. The van der Waals surface area contributed by atoms with Crippen molar-refractivity contribution in [2.24, 2.45) is 5.14 Å². The fraction of sp³-hybridized carbons (Fsp3) is 0.333. The summed E-state index contributed by atoms with van der Waals surface area (Å²) in [7, 11) is -3.46. The molecule has 0 saturated carbocycles. The zero-order valence-corrected chi connectivity index (χ0v) is 8.84. The highest BCUT2D eigenvalue weighted by Crippen LogP contribution is 2.15. The molecule has 15 heavy (non-hydrogen) atoms. The largest absolute Gasteiger partial charge is 0.490 e. The van der Waals surface area contributed by atoms with E-state index in [1.165, 1.54) is 12.1 Å². The molecule has 2 N–H and O–H groups in total. The Morgan fingerprint density at radius 2 is 2.00 bits per heavy atom. The predicted molar refractivity (Wildman–Crippen MR) is 54.5 cm³/mol. The van der Waals surface area contributed by atoms with Gasteiger partial charge in [0.25, 0.3) is 0 Å². The molecule has 0 aliphatic heterocycles. The first-order valence-electron chi connectivity index (χ1n) is 4.37. The van der Waals surface area contributed by atoms with Crippen LogP contribution in [0.25, 0.3) is 0 Å². The van der Waals surface area contributed by atoms with Gasteiger partial charge >= 0.3 is 0 Å². The van der Waals surface area contributed by atoms with Crippen LogP contribution >= 0.6 is 0 Å². The lowest BCUT2D eigenvalue weighted by Crippen LogP contribution is -2.18. The van der Waals surface area contributed by atoms with Crippen LogP contribution in [0.3, 0.4) is 0 Å². The van der Waals surface area contributed by atoms with E-state index >= 15 is 0 Å². The third-order valence-electron chi connectivity index (χ3n) is 1.67. The van der Waals surface area contributed by atoms with Gasteiger partial charge in [0, 0.05) is 0 Å². The summed E-state index contributed by atoms with van der Waals surface area (Å²) in [6.07, 6.45) is 0.243. The lowest BCUT2D eigenvalue weighted by atomic mass is 10.3. The number of nitrogens with two attached hydrogens (primary N) is 1. The van der Waals surface area contributed by atoms with Gasteiger partial charge in [-0.2, -0.15) is 0 Å². The maximum absolute atomic E-state index is 13.0. The zero-order chi connectivity index (χ0) is 11.3. The van der Waals surface area contributed by atoms with E-state index in [1.54, 1.807) is 12.1 Å². The van der Waals surface area contributed by atoms with E-state index in [-0.39, 0.29) is 24.5 Å². The highest BCUT2D eigenvalue weighted by atomic mass is 32.2. The van der Waals surface area contributed by atoms with Crippen LogP contribution in [0, 0.1) is 5.82 Å². The second-order valence-corrected chi connectivity index (χ2v) is 4.73. The van der Waals surface area contributed by atoms with Gasteiger partial charge in [-0.1, -0.05) is 12.1 Å². The van der Waals surface area contributed by atoms with Crippen molar-refractivity contribution in [3.05, 3.63) is 30.1 Å². The molecule has 0 radical (unpaired) electrons. The Hall–Kier alpha value is -1.14. The van der Waals surface area contributed by atoms with Crippen molar-refractivity contribution in [3.63, 3.8) is 0 Å². The normalized spacial score (nSPS) is 11.3. The number of rotatable bonds is 5. The van der Waals surface area contributed by atoms with Crippen molar-refractivity contribution >= 4 is 10.0 Å². The molecule has 0 fully saturated rings. The average molecular weight is 233 g/mol. The minimum Gasteiger partial charge on any atom is -0.490 e. The highest BCUT2D eigenvalue weighted by molar-refractivity contribution is 7.89. The van der Waals surface area contributed by atoms with Gasteiger partial charge in [-0.15, -0.1) is 0 Å². The summed E-state index contributed by atoms with van der Waals surface area (Å²) in [5.41, 5.74) is 0. The maximum Gasteiger partial charge on any atom is 0.209 e. The maximum atomic E-state index is 13.0. The van der Waals surface area contributed by atoms with E-state index in [4.69, 9.17) is 9.88 Å². The molecule has 0 atom stereocenters. The van der Waals surface area contributed by atoms with Crippen molar-refractivity contribution in [3.8, 4) is 5.75 Å². The topological polar surface area (TPSA) is 69.4 Å². The van der Waals surface area contributed by atoms with Crippen molar-refractivity contribution < 1.29 is 17.5 Å². The first-order chi connectivity index (χ1) is 6.99. The number of benzene rings is 1. The fourth-order valence-corrected chi connectivity index (χ4v) is 1.52. The molecule has 0 amide bonds. The Labute approximate surface area is 87.9 Å². The van der Waals surface area contributed by atoms with Gasteiger partial charge in [-0.05, 0) is 18.6 Å².